The summed E-state index contributed by atoms with van der Waals surface area (Å²) in [6.07, 6.45) is 1.28. The zero-order valence-corrected chi connectivity index (χ0v) is 11.2. The molecule has 0 aromatic heterocycles. The number of carboxylic acids is 1. The van der Waals surface area contributed by atoms with Crippen LogP contribution in [-0.4, -0.2) is 30.3 Å². The first kappa shape index (κ1) is 14.5. The quantitative estimate of drug-likeness (QED) is 0.779. The van der Waals surface area contributed by atoms with Crippen LogP contribution in [0.5, 0.6) is 5.75 Å². The summed E-state index contributed by atoms with van der Waals surface area (Å²) >= 11 is 0. The third-order valence-electron chi connectivity index (χ3n) is 3.11. The number of aryl methyl sites for hydroxylation is 1. The van der Waals surface area contributed by atoms with E-state index in [4.69, 9.17) is 4.74 Å². The molecule has 0 aliphatic carbocycles. The molecule has 0 fully saturated rings. The second kappa shape index (κ2) is 6.40. The topological polar surface area (TPSA) is 58.6 Å². The first-order chi connectivity index (χ1) is 8.51. The summed E-state index contributed by atoms with van der Waals surface area (Å²) in [5, 5.41) is 12.3. The number of carboxylic acid groups (broad SMARTS) is 1. The molecule has 4 nitrogen and oxygen atoms in total. The van der Waals surface area contributed by atoms with Crippen molar-refractivity contribution in [2.24, 2.45) is 0 Å². The van der Waals surface area contributed by atoms with Gasteiger partial charge in [-0.15, -0.1) is 0 Å². The number of carbonyl (C=O) groups is 1. The molecule has 0 bridgehead atoms. The van der Waals surface area contributed by atoms with Crippen molar-refractivity contribution in [1.82, 2.24) is 5.32 Å². The molecule has 2 N–H and O–H groups in total. The van der Waals surface area contributed by atoms with Crippen molar-refractivity contribution in [2.45, 2.75) is 32.2 Å². The highest BCUT2D eigenvalue weighted by Crippen LogP contribution is 2.17. The van der Waals surface area contributed by atoms with E-state index >= 15 is 0 Å². The summed E-state index contributed by atoms with van der Waals surface area (Å²) in [5.41, 5.74) is 0.246. The van der Waals surface area contributed by atoms with Crippen LogP contribution in [0.25, 0.3) is 0 Å². The number of rotatable bonds is 7. The molecule has 1 aromatic rings. The smallest absolute Gasteiger partial charge is 0.323 e. The van der Waals surface area contributed by atoms with Gasteiger partial charge in [-0.1, -0.05) is 19.1 Å². The lowest BCUT2D eigenvalue weighted by atomic mass is 9.93. The van der Waals surface area contributed by atoms with E-state index in [0.29, 0.717) is 13.0 Å². The predicted molar refractivity (Wildman–Crippen MR) is 71.0 cm³/mol. The molecular formula is C14H21NO3. The van der Waals surface area contributed by atoms with Crippen LogP contribution in [-0.2, 0) is 11.2 Å². The van der Waals surface area contributed by atoms with Crippen LogP contribution >= 0.6 is 0 Å². The van der Waals surface area contributed by atoms with Crippen LogP contribution in [0.2, 0.25) is 0 Å². The van der Waals surface area contributed by atoms with E-state index in [1.54, 1.807) is 14.0 Å². The SMILES string of the molecule is CCNC(C)(CCc1ccc(OC)cc1)C(=O)O. The Morgan fingerprint density at radius 2 is 2.00 bits per heavy atom. The van der Waals surface area contributed by atoms with E-state index in [1.807, 2.05) is 31.2 Å². The summed E-state index contributed by atoms with van der Waals surface area (Å²) in [4.78, 5) is 11.3. The van der Waals surface area contributed by atoms with Crippen LogP contribution < -0.4 is 10.1 Å². The molecule has 0 saturated heterocycles. The molecule has 0 heterocycles. The number of hydrogen-bond donors (Lipinski definition) is 2. The second-order valence-corrected chi connectivity index (χ2v) is 4.52. The third-order valence-corrected chi connectivity index (χ3v) is 3.11. The van der Waals surface area contributed by atoms with Gasteiger partial charge in [0.25, 0.3) is 0 Å². The number of hydrogen-bond acceptors (Lipinski definition) is 3. The summed E-state index contributed by atoms with van der Waals surface area (Å²) in [6.45, 7) is 4.28. The van der Waals surface area contributed by atoms with Crippen molar-refractivity contribution < 1.29 is 14.6 Å². The van der Waals surface area contributed by atoms with Gasteiger partial charge < -0.3 is 15.2 Å². The number of ether oxygens (including phenoxy) is 1. The molecule has 1 atom stereocenters. The zero-order valence-electron chi connectivity index (χ0n) is 11.2. The Morgan fingerprint density at radius 1 is 1.39 bits per heavy atom. The van der Waals surface area contributed by atoms with Crippen molar-refractivity contribution in [3.05, 3.63) is 29.8 Å². The van der Waals surface area contributed by atoms with E-state index in [-0.39, 0.29) is 0 Å². The fourth-order valence-electron chi connectivity index (χ4n) is 1.85. The Morgan fingerprint density at radius 3 is 2.44 bits per heavy atom. The number of nitrogens with one attached hydrogen (secondary N) is 1. The lowest BCUT2D eigenvalue weighted by Crippen LogP contribution is -2.49. The van der Waals surface area contributed by atoms with E-state index < -0.39 is 11.5 Å². The molecule has 0 radical (unpaired) electrons. The predicted octanol–water partition coefficient (Wildman–Crippen LogP) is 2.08. The van der Waals surface area contributed by atoms with E-state index in [2.05, 4.69) is 5.32 Å². The molecular weight excluding hydrogens is 230 g/mol. The monoisotopic (exact) mass is 251 g/mol. The molecule has 0 saturated carbocycles. The second-order valence-electron chi connectivity index (χ2n) is 4.52. The van der Waals surface area contributed by atoms with Gasteiger partial charge in [0.15, 0.2) is 0 Å². The van der Waals surface area contributed by atoms with E-state index in [9.17, 15) is 9.90 Å². The maximum atomic E-state index is 11.3. The Balaban J connectivity index is 2.64. The molecule has 0 amide bonds. The Labute approximate surface area is 108 Å². The highest BCUT2D eigenvalue weighted by atomic mass is 16.5. The summed E-state index contributed by atoms with van der Waals surface area (Å²) < 4.78 is 5.08. The Kier molecular flexibility index (Phi) is 5.16. The normalized spacial score (nSPS) is 13.9. The van der Waals surface area contributed by atoms with Gasteiger partial charge in [0, 0.05) is 0 Å². The van der Waals surface area contributed by atoms with Gasteiger partial charge in [-0.3, -0.25) is 4.79 Å². The average molecular weight is 251 g/mol. The fourth-order valence-corrected chi connectivity index (χ4v) is 1.85. The minimum atomic E-state index is -0.866. The molecule has 1 aromatic carbocycles. The molecule has 0 aliphatic rings. The van der Waals surface area contributed by atoms with Gasteiger partial charge in [-0.25, -0.2) is 0 Å². The van der Waals surface area contributed by atoms with Crippen LogP contribution in [0.1, 0.15) is 25.8 Å². The lowest BCUT2D eigenvalue weighted by molar-refractivity contribution is -0.144. The molecule has 0 spiro atoms. The van der Waals surface area contributed by atoms with Crippen LogP contribution in [0, 0.1) is 0 Å². The lowest BCUT2D eigenvalue weighted by Gasteiger charge is -2.25. The molecule has 0 aliphatic heterocycles. The van der Waals surface area contributed by atoms with Crippen LogP contribution in [0.15, 0.2) is 24.3 Å². The molecule has 100 valence electrons. The summed E-state index contributed by atoms with van der Waals surface area (Å²) in [6, 6.07) is 7.71. The summed E-state index contributed by atoms with van der Waals surface area (Å²) in [5.74, 6) is 0.00397. The minimum Gasteiger partial charge on any atom is -0.497 e. The fraction of sp³-hybridized carbons (Fsp3) is 0.500. The van der Waals surface area contributed by atoms with Gasteiger partial charge >= 0.3 is 5.97 Å². The molecule has 1 unspecified atom stereocenters. The van der Waals surface area contributed by atoms with Crippen LogP contribution in [0.3, 0.4) is 0 Å². The standard InChI is InChI=1S/C14H21NO3/c1-4-15-14(2,13(16)17)10-9-11-5-7-12(18-3)8-6-11/h5-8,15H,4,9-10H2,1-3H3,(H,16,17). The summed E-state index contributed by atoms with van der Waals surface area (Å²) in [7, 11) is 1.63. The Bertz CT molecular complexity index is 389. The minimum absolute atomic E-state index is 0.558. The molecule has 4 heteroatoms. The number of benzene rings is 1. The van der Waals surface area contributed by atoms with E-state index in [1.165, 1.54) is 0 Å². The van der Waals surface area contributed by atoms with Gasteiger partial charge in [-0.2, -0.15) is 0 Å². The van der Waals surface area contributed by atoms with Crippen molar-refractivity contribution in [3.63, 3.8) is 0 Å². The third kappa shape index (κ3) is 3.74. The Hall–Kier alpha value is -1.55. The van der Waals surface area contributed by atoms with Gasteiger partial charge in [0.1, 0.15) is 11.3 Å². The number of aliphatic carboxylic acids is 1. The molecule has 18 heavy (non-hydrogen) atoms. The largest absolute Gasteiger partial charge is 0.497 e. The van der Waals surface area contributed by atoms with Crippen LogP contribution in [0.4, 0.5) is 0 Å². The average Bonchev–Trinajstić information content (AvgIpc) is 2.37. The van der Waals surface area contributed by atoms with Crippen molar-refractivity contribution >= 4 is 5.97 Å². The first-order valence-corrected chi connectivity index (χ1v) is 6.13. The van der Waals surface area contributed by atoms with Crippen molar-refractivity contribution in [3.8, 4) is 5.75 Å². The number of likely N-dealkylation sites (N-methyl/N-ethyl adjacent to an activating group) is 1. The van der Waals surface area contributed by atoms with Crippen molar-refractivity contribution in [1.29, 1.82) is 0 Å². The zero-order chi connectivity index (χ0) is 13.6. The van der Waals surface area contributed by atoms with Gasteiger partial charge in [0.2, 0.25) is 0 Å². The maximum Gasteiger partial charge on any atom is 0.323 e. The van der Waals surface area contributed by atoms with Gasteiger partial charge in [0.05, 0.1) is 7.11 Å². The highest BCUT2D eigenvalue weighted by Gasteiger charge is 2.31. The number of methoxy groups -OCH3 is 1. The first-order valence-electron chi connectivity index (χ1n) is 6.13. The maximum absolute atomic E-state index is 11.3. The van der Waals surface area contributed by atoms with E-state index in [0.717, 1.165) is 17.7 Å². The van der Waals surface area contributed by atoms with Gasteiger partial charge in [-0.05, 0) is 44.0 Å². The highest BCUT2D eigenvalue weighted by molar-refractivity contribution is 5.78. The molecule has 1 rings (SSSR count). The van der Waals surface area contributed by atoms with Crippen molar-refractivity contribution in [2.75, 3.05) is 13.7 Å².